The third-order valence-corrected chi connectivity index (χ3v) is 7.06. The number of aryl methyl sites for hydroxylation is 1. The molecule has 0 fully saturated rings. The van der Waals surface area contributed by atoms with Gasteiger partial charge < -0.3 is 0 Å². The number of benzene rings is 2. The Morgan fingerprint density at radius 1 is 1.00 bits per heavy atom. The molecule has 2 aromatic carbocycles. The van der Waals surface area contributed by atoms with E-state index in [1.807, 2.05) is 54.8 Å². The van der Waals surface area contributed by atoms with Crippen LogP contribution in [-0.2, 0) is 17.8 Å². The molecule has 0 aliphatic rings. The highest BCUT2D eigenvalue weighted by molar-refractivity contribution is 7.17. The third-order valence-electron chi connectivity index (χ3n) is 5.19. The summed E-state index contributed by atoms with van der Waals surface area (Å²) in [4.78, 5) is 30.8. The van der Waals surface area contributed by atoms with E-state index in [1.54, 1.807) is 0 Å². The molecule has 0 saturated carbocycles. The molecule has 1 amide bonds. The van der Waals surface area contributed by atoms with Gasteiger partial charge in [0.25, 0.3) is 5.56 Å². The van der Waals surface area contributed by atoms with Crippen LogP contribution < -0.4 is 10.9 Å². The summed E-state index contributed by atoms with van der Waals surface area (Å²) in [7, 11) is 0. The maximum atomic E-state index is 13.2. The van der Waals surface area contributed by atoms with Crippen molar-refractivity contribution in [1.29, 1.82) is 0 Å². The molecule has 3 aromatic heterocycles. The predicted octanol–water partition coefficient (Wildman–Crippen LogP) is 4.84. The minimum absolute atomic E-state index is 0.148. The van der Waals surface area contributed by atoms with Crippen LogP contribution in [-0.4, -0.2) is 25.7 Å². The Morgan fingerprint density at radius 2 is 1.73 bits per heavy atom. The minimum atomic E-state index is -0.346. The quantitative estimate of drug-likeness (QED) is 0.381. The fourth-order valence-electron chi connectivity index (χ4n) is 3.53. The van der Waals surface area contributed by atoms with Gasteiger partial charge >= 0.3 is 0 Å². The van der Waals surface area contributed by atoms with Crippen LogP contribution in [0.1, 0.15) is 11.9 Å². The number of anilines is 1. The van der Waals surface area contributed by atoms with E-state index in [-0.39, 0.29) is 18.0 Å². The molecular formula is C24H19N5O2S2. The summed E-state index contributed by atoms with van der Waals surface area (Å²) in [5.41, 5.74) is 3.75. The van der Waals surface area contributed by atoms with Crippen LogP contribution in [0.5, 0.6) is 0 Å². The Balaban J connectivity index is 1.42. The topological polar surface area (TPSA) is 89.8 Å². The van der Waals surface area contributed by atoms with Crippen molar-refractivity contribution >= 4 is 43.9 Å². The molecule has 0 atom stereocenters. The second-order valence-electron chi connectivity index (χ2n) is 7.35. The molecule has 9 heteroatoms. The van der Waals surface area contributed by atoms with E-state index in [1.165, 1.54) is 33.6 Å². The lowest BCUT2D eigenvalue weighted by Crippen LogP contribution is -2.27. The molecule has 5 aromatic rings. The molecule has 0 radical (unpaired) electrons. The first-order chi connectivity index (χ1) is 16.1. The van der Waals surface area contributed by atoms with E-state index in [0.29, 0.717) is 15.3 Å². The summed E-state index contributed by atoms with van der Waals surface area (Å²) in [5.74, 6) is -0.346. The Kier molecular flexibility index (Phi) is 5.80. The van der Waals surface area contributed by atoms with Crippen LogP contribution in [0.25, 0.3) is 32.5 Å². The van der Waals surface area contributed by atoms with Gasteiger partial charge in [-0.15, -0.1) is 21.5 Å². The number of nitrogens with zero attached hydrogens (tertiary/aromatic N) is 4. The van der Waals surface area contributed by atoms with Gasteiger partial charge in [-0.25, -0.2) is 4.98 Å². The number of rotatable bonds is 6. The fraction of sp³-hybridized carbons (Fsp3) is 0.125. The van der Waals surface area contributed by atoms with Crippen LogP contribution >= 0.6 is 22.7 Å². The van der Waals surface area contributed by atoms with Crippen LogP contribution in [0, 0.1) is 0 Å². The van der Waals surface area contributed by atoms with Crippen molar-refractivity contribution in [3.63, 3.8) is 0 Å². The normalized spacial score (nSPS) is 11.1. The van der Waals surface area contributed by atoms with E-state index >= 15 is 0 Å². The number of fused-ring (bicyclic) bond motifs is 1. The monoisotopic (exact) mass is 473 g/mol. The van der Waals surface area contributed by atoms with Crippen molar-refractivity contribution in [3.8, 4) is 22.3 Å². The minimum Gasteiger partial charge on any atom is -0.299 e. The molecule has 164 valence electrons. The summed E-state index contributed by atoms with van der Waals surface area (Å²) < 4.78 is 1.33. The zero-order valence-corrected chi connectivity index (χ0v) is 19.3. The standard InChI is InChI=1S/C24H19N5O2S2/c1-2-20-27-28-24(33-20)26-19(30)12-29-14-25-22-21(23(29)31)18(13-32-22)17-10-8-16(9-11-17)15-6-4-3-5-7-15/h3-11,13-14H,2,12H2,1H3,(H,26,28,30). The molecule has 0 aliphatic heterocycles. The van der Waals surface area contributed by atoms with Crippen molar-refractivity contribution < 1.29 is 4.79 Å². The van der Waals surface area contributed by atoms with E-state index in [2.05, 4.69) is 32.6 Å². The van der Waals surface area contributed by atoms with E-state index in [4.69, 9.17) is 0 Å². The molecule has 0 unspecified atom stereocenters. The smallest absolute Gasteiger partial charge is 0.263 e. The van der Waals surface area contributed by atoms with Crippen LogP contribution in [0.2, 0.25) is 0 Å². The Bertz CT molecular complexity index is 1490. The van der Waals surface area contributed by atoms with Gasteiger partial charge in [0, 0.05) is 10.9 Å². The highest BCUT2D eigenvalue weighted by Gasteiger charge is 2.16. The fourth-order valence-corrected chi connectivity index (χ4v) is 5.13. The van der Waals surface area contributed by atoms with Gasteiger partial charge in [0.2, 0.25) is 11.0 Å². The van der Waals surface area contributed by atoms with Crippen molar-refractivity contribution in [2.45, 2.75) is 19.9 Å². The van der Waals surface area contributed by atoms with Gasteiger partial charge in [0.05, 0.1) is 11.7 Å². The number of carbonyl (C=O) groups excluding carboxylic acids is 1. The molecule has 7 nitrogen and oxygen atoms in total. The number of thiophene rings is 1. The molecule has 5 rings (SSSR count). The van der Waals surface area contributed by atoms with Gasteiger partial charge in [-0.2, -0.15) is 0 Å². The summed E-state index contributed by atoms with van der Waals surface area (Å²) in [6.45, 7) is 1.82. The SMILES string of the molecule is CCc1nnc(NC(=O)Cn2cnc3scc(-c4ccc(-c5ccccc5)cc4)c3c2=O)s1. The highest BCUT2D eigenvalue weighted by atomic mass is 32.1. The number of carbonyl (C=O) groups is 1. The molecule has 0 aliphatic carbocycles. The van der Waals surface area contributed by atoms with E-state index in [9.17, 15) is 9.59 Å². The molecule has 0 bridgehead atoms. The first-order valence-corrected chi connectivity index (χ1v) is 12.1. The molecule has 33 heavy (non-hydrogen) atoms. The highest BCUT2D eigenvalue weighted by Crippen LogP contribution is 2.32. The molecule has 1 N–H and O–H groups in total. The first-order valence-electron chi connectivity index (χ1n) is 10.4. The average molecular weight is 474 g/mol. The maximum Gasteiger partial charge on any atom is 0.263 e. The first kappa shape index (κ1) is 21.2. The summed E-state index contributed by atoms with van der Waals surface area (Å²) in [6.07, 6.45) is 2.17. The van der Waals surface area contributed by atoms with Gasteiger partial charge in [-0.1, -0.05) is 72.9 Å². The largest absolute Gasteiger partial charge is 0.299 e. The van der Waals surface area contributed by atoms with E-state index < -0.39 is 0 Å². The lowest BCUT2D eigenvalue weighted by molar-refractivity contribution is -0.116. The summed E-state index contributed by atoms with van der Waals surface area (Å²) in [6, 6.07) is 18.2. The Hall–Kier alpha value is -3.69. The van der Waals surface area contributed by atoms with Gasteiger partial charge in [0.1, 0.15) is 16.4 Å². The Morgan fingerprint density at radius 3 is 2.45 bits per heavy atom. The predicted molar refractivity (Wildman–Crippen MR) is 133 cm³/mol. The van der Waals surface area contributed by atoms with Crippen LogP contribution in [0.15, 0.2) is 71.1 Å². The number of aromatic nitrogens is 4. The van der Waals surface area contributed by atoms with Gasteiger partial charge in [-0.05, 0) is 23.1 Å². The third kappa shape index (κ3) is 4.33. The van der Waals surface area contributed by atoms with Gasteiger partial charge in [0.15, 0.2) is 0 Å². The summed E-state index contributed by atoms with van der Waals surface area (Å²) in [5, 5.41) is 14.4. The average Bonchev–Trinajstić information content (AvgIpc) is 3.49. The molecule has 0 spiro atoms. The molecule has 3 heterocycles. The second-order valence-corrected chi connectivity index (χ2v) is 9.27. The number of amides is 1. The maximum absolute atomic E-state index is 13.2. The number of hydrogen-bond donors (Lipinski definition) is 1. The lowest BCUT2D eigenvalue weighted by atomic mass is 10.0. The molecule has 0 saturated heterocycles. The number of hydrogen-bond acceptors (Lipinski definition) is 7. The van der Waals surface area contributed by atoms with E-state index in [0.717, 1.165) is 33.7 Å². The van der Waals surface area contributed by atoms with Crippen LogP contribution in [0.3, 0.4) is 0 Å². The lowest BCUT2D eigenvalue weighted by Gasteiger charge is -2.07. The van der Waals surface area contributed by atoms with Crippen molar-refractivity contribution in [2.24, 2.45) is 0 Å². The van der Waals surface area contributed by atoms with Crippen molar-refractivity contribution in [3.05, 3.63) is 81.7 Å². The Labute approximate surface area is 197 Å². The number of nitrogens with one attached hydrogen (secondary N) is 1. The summed E-state index contributed by atoms with van der Waals surface area (Å²) >= 11 is 2.74. The van der Waals surface area contributed by atoms with Crippen molar-refractivity contribution in [1.82, 2.24) is 19.7 Å². The van der Waals surface area contributed by atoms with Gasteiger partial charge in [-0.3, -0.25) is 19.5 Å². The second kappa shape index (κ2) is 9.05. The molecular weight excluding hydrogens is 454 g/mol. The van der Waals surface area contributed by atoms with Crippen LogP contribution in [0.4, 0.5) is 5.13 Å². The zero-order valence-electron chi connectivity index (χ0n) is 17.7. The zero-order chi connectivity index (χ0) is 22.8. The van der Waals surface area contributed by atoms with Crippen molar-refractivity contribution in [2.75, 3.05) is 5.32 Å².